The molecule has 2 atom stereocenters. The topological polar surface area (TPSA) is 99.1 Å². The largest absolute Gasteiger partial charge is 0.455 e. The zero-order chi connectivity index (χ0) is 27.3. The lowest BCUT2D eigenvalue weighted by molar-refractivity contribution is -0.295. The van der Waals surface area contributed by atoms with Crippen LogP contribution < -0.4 is 10.6 Å². The second kappa shape index (κ2) is 11.3. The first-order chi connectivity index (χ1) is 16.6. The molecule has 0 aliphatic rings. The number of alkyl halides is 5. The monoisotopic (exact) mass is 531 g/mol. The normalized spacial score (nSPS) is 14.2. The van der Waals surface area contributed by atoms with Crippen LogP contribution in [0.4, 0.5) is 22.0 Å². The fourth-order valence-corrected chi connectivity index (χ4v) is 4.14. The van der Waals surface area contributed by atoms with E-state index >= 15 is 0 Å². The Morgan fingerprint density at radius 1 is 0.972 bits per heavy atom. The van der Waals surface area contributed by atoms with Gasteiger partial charge in [0, 0.05) is 6.26 Å². The molecule has 0 aromatic heterocycles. The number of rotatable bonds is 10. The molecule has 0 aliphatic heterocycles. The van der Waals surface area contributed by atoms with Crippen molar-refractivity contribution < 1.29 is 35.2 Å². The Balaban J connectivity index is 2.45. The standard InChI is InChI=1S/C24H26F5N3O3S/c1-15(2)14-20(22(33)31-13-12-30)32-21(23(25,26)24(27,28)29)18-6-4-16(5-7-18)17-8-10-19(11-9-17)36(3,34)35/h4-11,15,20-21,32H,13-14H2,1-3H3,(H,31,33)/t20-,21-/m0/s1. The maximum atomic E-state index is 14.6. The van der Waals surface area contributed by atoms with Crippen LogP contribution in [0, 0.1) is 17.2 Å². The summed E-state index contributed by atoms with van der Waals surface area (Å²) in [4.78, 5) is 12.5. The molecule has 36 heavy (non-hydrogen) atoms. The van der Waals surface area contributed by atoms with Crippen LogP contribution in [-0.4, -0.2) is 45.3 Å². The van der Waals surface area contributed by atoms with Gasteiger partial charge in [-0.25, -0.2) is 8.42 Å². The van der Waals surface area contributed by atoms with Crippen LogP contribution in [0.25, 0.3) is 11.1 Å². The number of hydrogen-bond acceptors (Lipinski definition) is 5. The summed E-state index contributed by atoms with van der Waals surface area (Å²) < 4.78 is 92.7. The smallest absolute Gasteiger partial charge is 0.342 e. The lowest BCUT2D eigenvalue weighted by Crippen LogP contribution is -2.54. The van der Waals surface area contributed by atoms with Crippen LogP contribution in [0.3, 0.4) is 0 Å². The Bertz CT molecular complexity index is 1190. The van der Waals surface area contributed by atoms with Gasteiger partial charge in [-0.3, -0.25) is 10.1 Å². The molecule has 0 saturated carbocycles. The van der Waals surface area contributed by atoms with Gasteiger partial charge in [-0.2, -0.15) is 27.2 Å². The van der Waals surface area contributed by atoms with Crippen LogP contribution in [0.15, 0.2) is 53.4 Å². The summed E-state index contributed by atoms with van der Waals surface area (Å²) in [5, 5.41) is 13.0. The minimum Gasteiger partial charge on any atom is -0.342 e. The molecule has 0 spiro atoms. The Kier molecular flexibility index (Phi) is 9.20. The Morgan fingerprint density at radius 3 is 1.89 bits per heavy atom. The number of carbonyl (C=O) groups is 1. The molecular formula is C24H26F5N3O3S. The molecule has 0 heterocycles. The van der Waals surface area contributed by atoms with Gasteiger partial charge in [0.2, 0.25) is 5.91 Å². The van der Waals surface area contributed by atoms with E-state index in [0.717, 1.165) is 18.4 Å². The van der Waals surface area contributed by atoms with Crippen LogP contribution in [0.1, 0.15) is 31.9 Å². The first-order valence-electron chi connectivity index (χ1n) is 10.8. The highest BCUT2D eigenvalue weighted by atomic mass is 32.2. The van der Waals surface area contributed by atoms with Gasteiger partial charge in [0.25, 0.3) is 0 Å². The third-order valence-corrected chi connectivity index (χ3v) is 6.46. The first-order valence-corrected chi connectivity index (χ1v) is 12.7. The predicted molar refractivity (Wildman–Crippen MR) is 124 cm³/mol. The van der Waals surface area contributed by atoms with E-state index in [1.165, 1.54) is 36.4 Å². The van der Waals surface area contributed by atoms with Crippen LogP contribution in [0.5, 0.6) is 0 Å². The molecule has 2 aromatic rings. The predicted octanol–water partition coefficient (Wildman–Crippen LogP) is 4.64. The van der Waals surface area contributed by atoms with Crippen LogP contribution in [0.2, 0.25) is 0 Å². The van der Waals surface area contributed by atoms with Gasteiger partial charge >= 0.3 is 12.1 Å². The van der Waals surface area contributed by atoms with E-state index in [9.17, 15) is 35.2 Å². The SMILES string of the molecule is CC(C)C[C@H](N[C@@H](c1ccc(-c2ccc(S(C)(=O)=O)cc2)cc1)C(F)(F)C(F)(F)F)C(=O)NCC#N. The van der Waals surface area contributed by atoms with Crippen molar-refractivity contribution >= 4 is 15.7 Å². The lowest BCUT2D eigenvalue weighted by atomic mass is 9.94. The number of sulfone groups is 1. The summed E-state index contributed by atoms with van der Waals surface area (Å²) in [7, 11) is -3.43. The molecule has 196 valence electrons. The molecule has 2 aromatic carbocycles. The average Bonchev–Trinajstić information content (AvgIpc) is 2.78. The second-order valence-electron chi connectivity index (χ2n) is 8.70. The van der Waals surface area contributed by atoms with Crippen molar-refractivity contribution in [1.82, 2.24) is 10.6 Å². The first kappa shape index (κ1) is 29.2. The average molecular weight is 532 g/mol. The molecule has 0 aliphatic carbocycles. The fraction of sp³-hybridized carbons (Fsp3) is 0.417. The number of nitriles is 1. The summed E-state index contributed by atoms with van der Waals surface area (Å²) in [6.45, 7) is 2.92. The molecule has 6 nitrogen and oxygen atoms in total. The fourth-order valence-electron chi connectivity index (χ4n) is 3.51. The van der Waals surface area contributed by atoms with Crippen molar-refractivity contribution in [2.75, 3.05) is 12.8 Å². The van der Waals surface area contributed by atoms with Crippen LogP contribution >= 0.6 is 0 Å². The third-order valence-electron chi connectivity index (χ3n) is 5.33. The van der Waals surface area contributed by atoms with Crippen molar-refractivity contribution in [3.8, 4) is 17.2 Å². The van der Waals surface area contributed by atoms with E-state index in [2.05, 4.69) is 10.6 Å². The van der Waals surface area contributed by atoms with Gasteiger partial charge in [-0.1, -0.05) is 50.2 Å². The van der Waals surface area contributed by atoms with E-state index in [4.69, 9.17) is 5.26 Å². The number of carbonyl (C=O) groups excluding carboxylic acids is 1. The van der Waals surface area contributed by atoms with Crippen molar-refractivity contribution in [3.05, 3.63) is 54.1 Å². The maximum Gasteiger partial charge on any atom is 0.455 e. The summed E-state index contributed by atoms with van der Waals surface area (Å²) >= 11 is 0. The molecule has 12 heteroatoms. The zero-order valence-electron chi connectivity index (χ0n) is 19.7. The lowest BCUT2D eigenvalue weighted by Gasteiger charge is -2.33. The highest BCUT2D eigenvalue weighted by Crippen LogP contribution is 2.45. The second-order valence-corrected chi connectivity index (χ2v) is 10.7. The summed E-state index contributed by atoms with van der Waals surface area (Å²) in [6.07, 6.45) is -4.92. The van der Waals surface area contributed by atoms with Crippen molar-refractivity contribution in [2.45, 2.75) is 49.3 Å². The van der Waals surface area contributed by atoms with Gasteiger partial charge in [-0.15, -0.1) is 0 Å². The highest BCUT2D eigenvalue weighted by Gasteiger charge is 2.63. The van der Waals surface area contributed by atoms with Crippen molar-refractivity contribution in [2.24, 2.45) is 5.92 Å². The number of nitrogens with one attached hydrogen (secondary N) is 2. The highest BCUT2D eigenvalue weighted by molar-refractivity contribution is 7.90. The van der Waals surface area contributed by atoms with Gasteiger partial charge < -0.3 is 5.32 Å². The molecular weight excluding hydrogens is 505 g/mol. The maximum absolute atomic E-state index is 14.6. The summed E-state index contributed by atoms with van der Waals surface area (Å²) in [5.74, 6) is -6.32. The number of benzene rings is 2. The molecule has 0 bridgehead atoms. The number of nitrogens with zero attached hydrogens (tertiary/aromatic N) is 1. The minimum absolute atomic E-state index is 0.0491. The van der Waals surface area contributed by atoms with E-state index in [1.54, 1.807) is 19.9 Å². The summed E-state index contributed by atoms with van der Waals surface area (Å²) in [5.41, 5.74) is 0.573. The van der Waals surface area contributed by atoms with Crippen molar-refractivity contribution in [1.29, 1.82) is 5.26 Å². The van der Waals surface area contributed by atoms with E-state index in [0.29, 0.717) is 11.1 Å². The molecule has 0 fully saturated rings. The van der Waals surface area contributed by atoms with Crippen molar-refractivity contribution in [3.63, 3.8) is 0 Å². The molecule has 2 N–H and O–H groups in total. The molecule has 0 unspecified atom stereocenters. The molecule has 0 saturated heterocycles. The Morgan fingerprint density at radius 2 is 1.47 bits per heavy atom. The minimum atomic E-state index is -5.91. The Hall–Kier alpha value is -3.04. The Labute approximate surface area is 206 Å². The molecule has 1 amide bonds. The number of amides is 1. The van der Waals surface area contributed by atoms with Crippen LogP contribution in [-0.2, 0) is 14.6 Å². The molecule has 0 radical (unpaired) electrons. The number of hydrogen-bond donors (Lipinski definition) is 2. The van der Waals surface area contributed by atoms with Gasteiger partial charge in [0.1, 0.15) is 12.6 Å². The molecule has 2 rings (SSSR count). The van der Waals surface area contributed by atoms with Gasteiger partial charge in [-0.05, 0) is 41.2 Å². The van der Waals surface area contributed by atoms with E-state index in [-0.39, 0.29) is 17.2 Å². The van der Waals surface area contributed by atoms with Gasteiger partial charge in [0.15, 0.2) is 9.84 Å². The van der Waals surface area contributed by atoms with E-state index < -0.39 is 52.0 Å². The quantitative estimate of drug-likeness (QED) is 0.344. The third kappa shape index (κ3) is 7.24. The number of halogens is 5. The van der Waals surface area contributed by atoms with E-state index in [1.807, 2.05) is 0 Å². The summed E-state index contributed by atoms with van der Waals surface area (Å²) in [6, 6.07) is 8.20. The van der Waals surface area contributed by atoms with Gasteiger partial charge in [0.05, 0.1) is 17.0 Å². The zero-order valence-corrected chi connectivity index (χ0v) is 20.6.